The van der Waals surface area contributed by atoms with Crippen LogP contribution in [-0.2, 0) is 5.88 Å². The van der Waals surface area contributed by atoms with Crippen molar-refractivity contribution in [2.45, 2.75) is 5.88 Å². The SMILES string of the molecule is O=C(Nc1nc(CCl)cs1)c1cc(F)c(F)cc1[N+](=O)[O-]. The summed E-state index contributed by atoms with van der Waals surface area (Å²) in [6.07, 6.45) is 0. The molecule has 110 valence electrons. The Hall–Kier alpha value is -2.13. The van der Waals surface area contributed by atoms with Gasteiger partial charge < -0.3 is 0 Å². The van der Waals surface area contributed by atoms with Gasteiger partial charge in [0.2, 0.25) is 0 Å². The highest BCUT2D eigenvalue weighted by Crippen LogP contribution is 2.24. The van der Waals surface area contributed by atoms with E-state index in [0.29, 0.717) is 17.8 Å². The van der Waals surface area contributed by atoms with Crippen LogP contribution in [0.1, 0.15) is 16.1 Å². The standard InChI is InChI=1S/C11H6ClF2N3O3S/c12-3-5-4-21-11(15-5)16-10(18)6-1-7(13)8(14)2-9(6)17(19)20/h1-2,4H,3H2,(H,15,16,18). The molecule has 0 saturated heterocycles. The van der Waals surface area contributed by atoms with E-state index >= 15 is 0 Å². The Bertz CT molecular complexity index is 723. The van der Waals surface area contributed by atoms with Crippen molar-refractivity contribution in [3.63, 3.8) is 0 Å². The molecule has 1 amide bonds. The zero-order valence-electron chi connectivity index (χ0n) is 10.1. The van der Waals surface area contributed by atoms with E-state index in [-0.39, 0.29) is 11.0 Å². The van der Waals surface area contributed by atoms with Crippen LogP contribution < -0.4 is 5.32 Å². The monoisotopic (exact) mass is 333 g/mol. The molecule has 0 radical (unpaired) electrons. The summed E-state index contributed by atoms with van der Waals surface area (Å²) in [4.78, 5) is 25.7. The Labute approximate surface area is 125 Å². The van der Waals surface area contributed by atoms with Crippen molar-refractivity contribution in [1.82, 2.24) is 4.98 Å². The number of hydrogen-bond donors (Lipinski definition) is 1. The number of aromatic nitrogens is 1. The first-order valence-electron chi connectivity index (χ1n) is 5.37. The molecule has 0 aliphatic rings. The third-order valence-electron chi connectivity index (χ3n) is 2.39. The Balaban J connectivity index is 2.34. The second-order valence-corrected chi connectivity index (χ2v) is 4.90. The predicted molar refractivity (Wildman–Crippen MR) is 72.6 cm³/mol. The molecule has 2 rings (SSSR count). The highest BCUT2D eigenvalue weighted by Gasteiger charge is 2.24. The van der Waals surface area contributed by atoms with E-state index < -0.39 is 33.7 Å². The summed E-state index contributed by atoms with van der Waals surface area (Å²) in [5.74, 6) is -3.59. The third kappa shape index (κ3) is 3.31. The minimum atomic E-state index is -1.41. The first kappa shape index (κ1) is 15.3. The maximum Gasteiger partial charge on any atom is 0.285 e. The molecule has 6 nitrogen and oxygen atoms in total. The minimum absolute atomic E-state index is 0.137. The van der Waals surface area contributed by atoms with Crippen LogP contribution in [-0.4, -0.2) is 15.8 Å². The van der Waals surface area contributed by atoms with Gasteiger partial charge in [0.05, 0.1) is 22.6 Å². The molecule has 0 spiro atoms. The quantitative estimate of drug-likeness (QED) is 0.528. The van der Waals surface area contributed by atoms with E-state index in [4.69, 9.17) is 11.6 Å². The normalized spacial score (nSPS) is 10.4. The van der Waals surface area contributed by atoms with Crippen LogP contribution in [0.2, 0.25) is 0 Å². The van der Waals surface area contributed by atoms with Crippen molar-refractivity contribution in [1.29, 1.82) is 0 Å². The lowest BCUT2D eigenvalue weighted by Gasteiger charge is -2.04. The van der Waals surface area contributed by atoms with Gasteiger partial charge in [-0.2, -0.15) is 0 Å². The summed E-state index contributed by atoms with van der Waals surface area (Å²) in [6, 6.07) is 0.829. The van der Waals surface area contributed by atoms with Crippen LogP contribution in [0.15, 0.2) is 17.5 Å². The molecule has 1 heterocycles. The molecule has 0 fully saturated rings. The number of nitro benzene ring substituents is 1. The number of rotatable bonds is 4. The van der Waals surface area contributed by atoms with Gasteiger partial charge >= 0.3 is 0 Å². The zero-order chi connectivity index (χ0) is 15.6. The number of carbonyl (C=O) groups excluding carboxylic acids is 1. The number of anilines is 1. The van der Waals surface area contributed by atoms with Crippen LogP contribution in [0.25, 0.3) is 0 Å². The number of nitrogens with one attached hydrogen (secondary N) is 1. The van der Waals surface area contributed by atoms with E-state index in [2.05, 4.69) is 10.3 Å². The molecule has 0 aliphatic heterocycles. The van der Waals surface area contributed by atoms with Crippen LogP contribution >= 0.6 is 22.9 Å². The number of nitro groups is 1. The molecule has 1 aromatic heterocycles. The first-order valence-corrected chi connectivity index (χ1v) is 6.79. The molecular weight excluding hydrogens is 328 g/mol. The van der Waals surface area contributed by atoms with Gasteiger partial charge in [0.1, 0.15) is 5.56 Å². The van der Waals surface area contributed by atoms with Crippen molar-refractivity contribution in [3.05, 3.63) is 50.5 Å². The lowest BCUT2D eigenvalue weighted by Crippen LogP contribution is -2.14. The Morgan fingerprint density at radius 1 is 1.43 bits per heavy atom. The van der Waals surface area contributed by atoms with Crippen molar-refractivity contribution in [3.8, 4) is 0 Å². The number of amides is 1. The van der Waals surface area contributed by atoms with Crippen LogP contribution in [0.5, 0.6) is 0 Å². The number of thiazole rings is 1. The van der Waals surface area contributed by atoms with Gasteiger partial charge in [-0.3, -0.25) is 20.2 Å². The summed E-state index contributed by atoms with van der Waals surface area (Å²) < 4.78 is 26.2. The molecule has 0 unspecified atom stereocenters. The summed E-state index contributed by atoms with van der Waals surface area (Å²) in [7, 11) is 0. The molecule has 1 N–H and O–H groups in total. The summed E-state index contributed by atoms with van der Waals surface area (Å²) in [5.41, 5.74) is -0.918. The average molecular weight is 334 g/mol. The molecule has 21 heavy (non-hydrogen) atoms. The summed E-state index contributed by atoms with van der Waals surface area (Å²) in [6.45, 7) is 0. The van der Waals surface area contributed by atoms with Crippen LogP contribution in [0.3, 0.4) is 0 Å². The molecule has 0 saturated carbocycles. The van der Waals surface area contributed by atoms with Crippen molar-refractivity contribution >= 4 is 39.7 Å². The molecular formula is C11H6ClF2N3O3S. The average Bonchev–Trinajstić information content (AvgIpc) is 2.88. The molecule has 0 aliphatic carbocycles. The van der Waals surface area contributed by atoms with E-state index in [0.717, 1.165) is 11.3 Å². The fourth-order valence-electron chi connectivity index (χ4n) is 1.46. The molecule has 1 aromatic carbocycles. The van der Waals surface area contributed by atoms with Gasteiger partial charge in [-0.1, -0.05) is 0 Å². The highest BCUT2D eigenvalue weighted by atomic mass is 35.5. The van der Waals surface area contributed by atoms with E-state index in [1.165, 1.54) is 0 Å². The van der Waals surface area contributed by atoms with Gasteiger partial charge in [0, 0.05) is 5.38 Å². The van der Waals surface area contributed by atoms with Crippen molar-refractivity contribution in [2.75, 3.05) is 5.32 Å². The van der Waals surface area contributed by atoms with Gasteiger partial charge in [-0.05, 0) is 6.07 Å². The Morgan fingerprint density at radius 2 is 2.10 bits per heavy atom. The third-order valence-corrected chi connectivity index (χ3v) is 3.47. The summed E-state index contributed by atoms with van der Waals surface area (Å²) in [5, 5.41) is 14.8. The maximum absolute atomic E-state index is 13.2. The van der Waals surface area contributed by atoms with E-state index in [9.17, 15) is 23.7 Å². The highest BCUT2D eigenvalue weighted by molar-refractivity contribution is 7.14. The molecule has 0 atom stereocenters. The van der Waals surface area contributed by atoms with E-state index in [1.807, 2.05) is 0 Å². The number of nitrogens with zero attached hydrogens (tertiary/aromatic N) is 2. The second-order valence-electron chi connectivity index (χ2n) is 3.77. The number of benzene rings is 1. The molecule has 2 aromatic rings. The maximum atomic E-state index is 13.2. The lowest BCUT2D eigenvalue weighted by molar-refractivity contribution is -0.385. The van der Waals surface area contributed by atoms with Crippen molar-refractivity contribution < 1.29 is 18.5 Å². The van der Waals surface area contributed by atoms with Gasteiger partial charge in [-0.15, -0.1) is 22.9 Å². The fourth-order valence-corrected chi connectivity index (χ4v) is 2.39. The number of alkyl halides is 1. The number of halogens is 3. The molecule has 0 bridgehead atoms. The fraction of sp³-hybridized carbons (Fsp3) is 0.0909. The largest absolute Gasteiger partial charge is 0.298 e. The number of hydrogen-bond acceptors (Lipinski definition) is 5. The Kier molecular flexibility index (Phi) is 4.43. The first-order chi connectivity index (χ1) is 9.92. The van der Waals surface area contributed by atoms with Crippen LogP contribution in [0.4, 0.5) is 19.6 Å². The van der Waals surface area contributed by atoms with Crippen LogP contribution in [0, 0.1) is 21.7 Å². The smallest absolute Gasteiger partial charge is 0.285 e. The van der Waals surface area contributed by atoms with Gasteiger partial charge in [0.15, 0.2) is 16.8 Å². The van der Waals surface area contributed by atoms with Gasteiger partial charge in [-0.25, -0.2) is 13.8 Å². The molecule has 10 heteroatoms. The number of carbonyl (C=O) groups is 1. The summed E-state index contributed by atoms with van der Waals surface area (Å²) >= 11 is 6.60. The zero-order valence-corrected chi connectivity index (χ0v) is 11.7. The minimum Gasteiger partial charge on any atom is -0.298 e. The predicted octanol–water partition coefficient (Wildman–Crippen LogP) is 3.32. The van der Waals surface area contributed by atoms with Gasteiger partial charge in [0.25, 0.3) is 11.6 Å². The van der Waals surface area contributed by atoms with E-state index in [1.54, 1.807) is 5.38 Å². The topological polar surface area (TPSA) is 85.1 Å². The second kappa shape index (κ2) is 6.10. The lowest BCUT2D eigenvalue weighted by atomic mass is 10.1. The Morgan fingerprint density at radius 3 is 2.67 bits per heavy atom. The van der Waals surface area contributed by atoms with Crippen molar-refractivity contribution in [2.24, 2.45) is 0 Å².